The number of nitrogens with one attached hydrogen (secondary N) is 1. The van der Waals surface area contributed by atoms with Crippen LogP contribution in [0.25, 0.3) is 0 Å². The van der Waals surface area contributed by atoms with Gasteiger partial charge in [0.25, 0.3) is 6.43 Å². The highest BCUT2D eigenvalue weighted by atomic mass is 19.3. The predicted molar refractivity (Wildman–Crippen MR) is 77.9 cm³/mol. The standard InChI is InChI=1S/C16H24F2N2/c1-13-5-8-20(9-6-13)10-7-19-12-14-3-2-4-15(11-14)16(17)18/h2-4,11,13,16,19H,5-10,12H2,1H3. The van der Waals surface area contributed by atoms with Gasteiger partial charge >= 0.3 is 0 Å². The Kier molecular flexibility index (Phi) is 5.92. The third-order valence-corrected chi connectivity index (χ3v) is 4.01. The van der Waals surface area contributed by atoms with Gasteiger partial charge in [0.05, 0.1) is 0 Å². The van der Waals surface area contributed by atoms with Crippen LogP contribution in [0.2, 0.25) is 0 Å². The van der Waals surface area contributed by atoms with Crippen LogP contribution in [-0.4, -0.2) is 31.1 Å². The first kappa shape index (κ1) is 15.4. The number of piperidine rings is 1. The summed E-state index contributed by atoms with van der Waals surface area (Å²) < 4.78 is 25.2. The molecule has 1 aromatic carbocycles. The first-order valence-electron chi connectivity index (χ1n) is 7.45. The van der Waals surface area contributed by atoms with Crippen LogP contribution >= 0.6 is 0 Å². The summed E-state index contributed by atoms with van der Waals surface area (Å²) in [5, 5.41) is 3.34. The third kappa shape index (κ3) is 4.84. The molecule has 1 aliphatic heterocycles. The molecule has 0 spiro atoms. The van der Waals surface area contributed by atoms with E-state index in [0.29, 0.717) is 6.54 Å². The molecule has 0 saturated carbocycles. The lowest BCUT2D eigenvalue weighted by Gasteiger charge is -2.30. The number of benzene rings is 1. The zero-order valence-electron chi connectivity index (χ0n) is 12.1. The molecule has 1 saturated heterocycles. The fraction of sp³-hybridized carbons (Fsp3) is 0.625. The number of rotatable bonds is 6. The second-order valence-electron chi connectivity index (χ2n) is 5.75. The molecule has 1 aliphatic rings. The highest BCUT2D eigenvalue weighted by Gasteiger charge is 2.14. The van der Waals surface area contributed by atoms with Crippen LogP contribution in [-0.2, 0) is 6.54 Å². The molecule has 0 aliphatic carbocycles. The summed E-state index contributed by atoms with van der Waals surface area (Å²) in [6.45, 7) is 7.29. The minimum Gasteiger partial charge on any atom is -0.311 e. The van der Waals surface area contributed by atoms with Gasteiger partial charge in [-0.3, -0.25) is 0 Å². The number of hydrogen-bond donors (Lipinski definition) is 1. The molecule has 1 fully saturated rings. The largest absolute Gasteiger partial charge is 0.311 e. The van der Waals surface area contributed by atoms with E-state index < -0.39 is 6.43 Å². The van der Waals surface area contributed by atoms with Crippen molar-refractivity contribution in [3.8, 4) is 0 Å². The van der Waals surface area contributed by atoms with Crippen molar-refractivity contribution in [1.82, 2.24) is 10.2 Å². The molecule has 20 heavy (non-hydrogen) atoms. The van der Waals surface area contributed by atoms with E-state index in [1.54, 1.807) is 12.1 Å². The number of hydrogen-bond acceptors (Lipinski definition) is 2. The highest BCUT2D eigenvalue weighted by Crippen LogP contribution is 2.19. The molecule has 0 unspecified atom stereocenters. The maximum absolute atomic E-state index is 12.6. The van der Waals surface area contributed by atoms with Gasteiger partial charge in [-0.2, -0.15) is 0 Å². The summed E-state index contributed by atoms with van der Waals surface area (Å²) >= 11 is 0. The van der Waals surface area contributed by atoms with Gasteiger partial charge in [-0.15, -0.1) is 0 Å². The minimum absolute atomic E-state index is 0.106. The van der Waals surface area contributed by atoms with E-state index in [-0.39, 0.29) is 5.56 Å². The lowest BCUT2D eigenvalue weighted by atomic mass is 9.99. The first-order valence-corrected chi connectivity index (χ1v) is 7.45. The second-order valence-corrected chi connectivity index (χ2v) is 5.75. The minimum atomic E-state index is -2.38. The Balaban J connectivity index is 1.67. The van der Waals surface area contributed by atoms with E-state index >= 15 is 0 Å². The molecular weight excluding hydrogens is 258 g/mol. The normalized spacial score (nSPS) is 17.8. The SMILES string of the molecule is CC1CCN(CCNCc2cccc(C(F)F)c2)CC1. The number of alkyl halides is 2. The van der Waals surface area contributed by atoms with Crippen molar-refractivity contribution in [3.63, 3.8) is 0 Å². The molecule has 2 nitrogen and oxygen atoms in total. The van der Waals surface area contributed by atoms with Gasteiger partial charge < -0.3 is 10.2 Å². The molecule has 2 rings (SSSR count). The van der Waals surface area contributed by atoms with E-state index in [0.717, 1.165) is 24.6 Å². The van der Waals surface area contributed by atoms with Gasteiger partial charge in [-0.05, 0) is 43.5 Å². The average molecular weight is 282 g/mol. The van der Waals surface area contributed by atoms with Gasteiger partial charge in [0.15, 0.2) is 0 Å². The Hall–Kier alpha value is -1.00. The molecule has 0 amide bonds. The molecule has 4 heteroatoms. The number of likely N-dealkylation sites (tertiary alicyclic amines) is 1. The smallest absolute Gasteiger partial charge is 0.263 e. The molecule has 112 valence electrons. The van der Waals surface area contributed by atoms with E-state index in [1.807, 2.05) is 6.07 Å². The van der Waals surface area contributed by atoms with Gasteiger partial charge in [0, 0.05) is 25.2 Å². The van der Waals surface area contributed by atoms with E-state index in [4.69, 9.17) is 0 Å². The van der Waals surface area contributed by atoms with Crippen molar-refractivity contribution in [3.05, 3.63) is 35.4 Å². The Morgan fingerprint density at radius 2 is 2.05 bits per heavy atom. The van der Waals surface area contributed by atoms with Crippen LogP contribution in [0.3, 0.4) is 0 Å². The monoisotopic (exact) mass is 282 g/mol. The van der Waals surface area contributed by atoms with Crippen LogP contribution in [0.15, 0.2) is 24.3 Å². The maximum atomic E-state index is 12.6. The van der Waals surface area contributed by atoms with Crippen LogP contribution in [0.4, 0.5) is 8.78 Å². The number of halogens is 2. The molecular formula is C16H24F2N2. The fourth-order valence-corrected chi connectivity index (χ4v) is 2.59. The fourth-order valence-electron chi connectivity index (χ4n) is 2.59. The Labute approximate surface area is 120 Å². The average Bonchev–Trinajstić information content (AvgIpc) is 2.46. The lowest BCUT2D eigenvalue weighted by Crippen LogP contribution is -2.37. The van der Waals surface area contributed by atoms with Gasteiger partial charge in [-0.25, -0.2) is 8.78 Å². The van der Waals surface area contributed by atoms with Crippen molar-refractivity contribution in [2.24, 2.45) is 5.92 Å². The van der Waals surface area contributed by atoms with Crippen LogP contribution in [0.1, 0.15) is 37.3 Å². The van der Waals surface area contributed by atoms with Crippen molar-refractivity contribution >= 4 is 0 Å². The first-order chi connectivity index (χ1) is 9.65. The Morgan fingerprint density at radius 1 is 1.30 bits per heavy atom. The van der Waals surface area contributed by atoms with Crippen molar-refractivity contribution in [2.75, 3.05) is 26.2 Å². The highest BCUT2D eigenvalue weighted by molar-refractivity contribution is 5.24. The van der Waals surface area contributed by atoms with E-state index in [2.05, 4.69) is 17.1 Å². The molecule has 1 heterocycles. The van der Waals surface area contributed by atoms with Crippen molar-refractivity contribution in [1.29, 1.82) is 0 Å². The Bertz CT molecular complexity index is 401. The summed E-state index contributed by atoms with van der Waals surface area (Å²) in [7, 11) is 0. The summed E-state index contributed by atoms with van der Waals surface area (Å²) in [5.41, 5.74) is 1.03. The zero-order chi connectivity index (χ0) is 14.4. The van der Waals surface area contributed by atoms with E-state index in [1.165, 1.54) is 32.0 Å². The molecule has 0 bridgehead atoms. The molecule has 0 aromatic heterocycles. The van der Waals surface area contributed by atoms with Gasteiger partial charge in [-0.1, -0.05) is 25.1 Å². The van der Waals surface area contributed by atoms with Crippen molar-refractivity contribution in [2.45, 2.75) is 32.7 Å². The second kappa shape index (κ2) is 7.70. The van der Waals surface area contributed by atoms with E-state index in [9.17, 15) is 8.78 Å². The summed E-state index contributed by atoms with van der Waals surface area (Å²) in [6.07, 6.45) is 0.192. The molecule has 0 atom stereocenters. The number of nitrogens with zero attached hydrogens (tertiary/aromatic N) is 1. The third-order valence-electron chi connectivity index (χ3n) is 4.01. The maximum Gasteiger partial charge on any atom is 0.263 e. The topological polar surface area (TPSA) is 15.3 Å². The molecule has 1 aromatic rings. The van der Waals surface area contributed by atoms with Crippen LogP contribution < -0.4 is 5.32 Å². The van der Waals surface area contributed by atoms with Crippen LogP contribution in [0.5, 0.6) is 0 Å². The molecule has 0 radical (unpaired) electrons. The predicted octanol–water partition coefficient (Wildman–Crippen LogP) is 3.45. The van der Waals surface area contributed by atoms with Gasteiger partial charge in [0.1, 0.15) is 0 Å². The zero-order valence-corrected chi connectivity index (χ0v) is 12.1. The Morgan fingerprint density at radius 3 is 2.75 bits per heavy atom. The van der Waals surface area contributed by atoms with Crippen LogP contribution in [0, 0.1) is 5.92 Å². The quantitative estimate of drug-likeness (QED) is 0.804. The van der Waals surface area contributed by atoms with Gasteiger partial charge in [0.2, 0.25) is 0 Å². The summed E-state index contributed by atoms with van der Waals surface area (Å²) in [4.78, 5) is 2.47. The lowest BCUT2D eigenvalue weighted by molar-refractivity contribution is 0.151. The summed E-state index contributed by atoms with van der Waals surface area (Å²) in [5.74, 6) is 0.858. The van der Waals surface area contributed by atoms with Crippen molar-refractivity contribution < 1.29 is 8.78 Å². The summed E-state index contributed by atoms with van der Waals surface area (Å²) in [6, 6.07) is 6.65. The molecule has 1 N–H and O–H groups in total.